The van der Waals surface area contributed by atoms with Crippen LogP contribution in [0.5, 0.6) is 0 Å². The largest absolute Gasteiger partial charge is 0.480 e. The summed E-state index contributed by atoms with van der Waals surface area (Å²) in [4.78, 5) is 21.4. The van der Waals surface area contributed by atoms with E-state index in [1.807, 2.05) is 5.32 Å². The predicted octanol–water partition coefficient (Wildman–Crippen LogP) is 1.01. The van der Waals surface area contributed by atoms with Gasteiger partial charge in [0, 0.05) is 0 Å². The molecule has 0 atom stereocenters. The normalized spacial score (nSPS) is 11.5. The van der Waals surface area contributed by atoms with Gasteiger partial charge in [0.2, 0.25) is 0 Å². The molecule has 0 aliphatic carbocycles. The fourth-order valence-corrected chi connectivity index (χ4v) is 1.07. The maximum absolute atomic E-state index is 11.9. The van der Waals surface area contributed by atoms with Gasteiger partial charge in [-0.2, -0.15) is 8.78 Å². The van der Waals surface area contributed by atoms with E-state index in [1.165, 1.54) is 13.8 Å². The molecule has 0 saturated heterocycles. The number of alkyl halides is 2. The minimum absolute atomic E-state index is 0.0668. The van der Waals surface area contributed by atoms with Gasteiger partial charge in [0.1, 0.15) is 5.54 Å². The van der Waals surface area contributed by atoms with Crippen LogP contribution in [0, 0.1) is 0 Å². The van der Waals surface area contributed by atoms with E-state index >= 15 is 0 Å². The quantitative estimate of drug-likeness (QED) is 0.710. The SMILES string of the molecule is CCC(CC)(NC(=O)C(F)F)C(=O)O. The third-order valence-electron chi connectivity index (χ3n) is 2.18. The van der Waals surface area contributed by atoms with Gasteiger partial charge in [0.15, 0.2) is 0 Å². The molecule has 4 nitrogen and oxygen atoms in total. The van der Waals surface area contributed by atoms with Crippen LogP contribution in [0.15, 0.2) is 0 Å². The van der Waals surface area contributed by atoms with E-state index in [0.717, 1.165) is 0 Å². The number of halogens is 2. The van der Waals surface area contributed by atoms with Gasteiger partial charge < -0.3 is 10.4 Å². The fraction of sp³-hybridized carbons (Fsp3) is 0.750. The van der Waals surface area contributed by atoms with E-state index in [9.17, 15) is 18.4 Å². The van der Waals surface area contributed by atoms with Crippen molar-refractivity contribution in [3.05, 3.63) is 0 Å². The van der Waals surface area contributed by atoms with Crippen molar-refractivity contribution in [1.29, 1.82) is 0 Å². The van der Waals surface area contributed by atoms with Crippen LogP contribution in [-0.2, 0) is 9.59 Å². The Kier molecular flexibility index (Phi) is 4.46. The number of nitrogens with one attached hydrogen (secondary N) is 1. The Hall–Kier alpha value is -1.20. The van der Waals surface area contributed by atoms with Crippen LogP contribution < -0.4 is 5.32 Å². The van der Waals surface area contributed by atoms with Crippen molar-refractivity contribution in [2.45, 2.75) is 38.7 Å². The number of carbonyl (C=O) groups excluding carboxylic acids is 1. The number of carboxylic acid groups (broad SMARTS) is 1. The van der Waals surface area contributed by atoms with Gasteiger partial charge in [-0.3, -0.25) is 4.79 Å². The van der Waals surface area contributed by atoms with Crippen molar-refractivity contribution in [1.82, 2.24) is 5.32 Å². The van der Waals surface area contributed by atoms with E-state index in [0.29, 0.717) is 0 Å². The van der Waals surface area contributed by atoms with Gasteiger partial charge in [-0.15, -0.1) is 0 Å². The molecule has 2 N–H and O–H groups in total. The van der Waals surface area contributed by atoms with Crippen molar-refractivity contribution in [3.63, 3.8) is 0 Å². The zero-order chi connectivity index (χ0) is 11.4. The van der Waals surface area contributed by atoms with E-state index in [4.69, 9.17) is 5.11 Å². The number of rotatable bonds is 5. The van der Waals surface area contributed by atoms with Crippen LogP contribution in [0.2, 0.25) is 0 Å². The molecule has 0 aromatic carbocycles. The highest BCUT2D eigenvalue weighted by Gasteiger charge is 2.38. The summed E-state index contributed by atoms with van der Waals surface area (Å²) in [6.07, 6.45) is -3.05. The molecule has 0 aromatic rings. The first-order valence-electron chi connectivity index (χ1n) is 4.23. The highest BCUT2D eigenvalue weighted by Crippen LogP contribution is 2.16. The van der Waals surface area contributed by atoms with Gasteiger partial charge in [-0.25, -0.2) is 4.79 Å². The molecule has 1 amide bonds. The van der Waals surface area contributed by atoms with E-state index in [2.05, 4.69) is 0 Å². The number of aliphatic carboxylic acids is 1. The molecule has 0 bridgehead atoms. The molecule has 0 aromatic heterocycles. The van der Waals surface area contributed by atoms with E-state index < -0.39 is 23.8 Å². The van der Waals surface area contributed by atoms with E-state index in [1.54, 1.807) is 0 Å². The van der Waals surface area contributed by atoms with Crippen molar-refractivity contribution < 1.29 is 23.5 Å². The van der Waals surface area contributed by atoms with Crippen LogP contribution in [-0.4, -0.2) is 28.9 Å². The van der Waals surface area contributed by atoms with Gasteiger partial charge in [0.05, 0.1) is 0 Å². The second-order valence-electron chi connectivity index (χ2n) is 2.88. The van der Waals surface area contributed by atoms with Crippen LogP contribution in [0.3, 0.4) is 0 Å². The predicted molar refractivity (Wildman–Crippen MR) is 45.1 cm³/mol. The van der Waals surface area contributed by atoms with Crippen LogP contribution in [0.25, 0.3) is 0 Å². The van der Waals surface area contributed by atoms with Crippen LogP contribution in [0.4, 0.5) is 8.78 Å². The van der Waals surface area contributed by atoms with Crippen LogP contribution >= 0.6 is 0 Å². The molecule has 0 rings (SSSR count). The van der Waals surface area contributed by atoms with Crippen molar-refractivity contribution in [2.75, 3.05) is 0 Å². The molecule has 82 valence electrons. The molecule has 0 spiro atoms. The third-order valence-corrected chi connectivity index (χ3v) is 2.18. The standard InChI is InChI=1S/C8H13F2NO3/c1-3-8(4-2,7(13)14)11-6(12)5(9)10/h5H,3-4H2,1-2H3,(H,11,12)(H,13,14). The summed E-state index contributed by atoms with van der Waals surface area (Å²) in [6, 6.07) is 0. The van der Waals surface area contributed by atoms with Gasteiger partial charge in [-0.05, 0) is 12.8 Å². The van der Waals surface area contributed by atoms with Crippen molar-refractivity contribution in [2.24, 2.45) is 0 Å². The zero-order valence-corrected chi connectivity index (χ0v) is 8.01. The molecule has 0 unspecified atom stereocenters. The Balaban J connectivity index is 4.68. The van der Waals surface area contributed by atoms with Crippen molar-refractivity contribution in [3.8, 4) is 0 Å². The van der Waals surface area contributed by atoms with Crippen LogP contribution in [0.1, 0.15) is 26.7 Å². The summed E-state index contributed by atoms with van der Waals surface area (Å²) in [5, 5.41) is 10.6. The summed E-state index contributed by atoms with van der Waals surface area (Å²) in [7, 11) is 0. The monoisotopic (exact) mass is 209 g/mol. The summed E-state index contributed by atoms with van der Waals surface area (Å²) >= 11 is 0. The maximum atomic E-state index is 11.9. The highest BCUT2D eigenvalue weighted by molar-refractivity contribution is 5.88. The molecular weight excluding hydrogens is 196 g/mol. The lowest BCUT2D eigenvalue weighted by Crippen LogP contribution is -2.55. The molecule has 0 radical (unpaired) electrons. The molecule has 0 aliphatic heterocycles. The Morgan fingerprint density at radius 2 is 1.79 bits per heavy atom. The molecular formula is C8H13F2NO3. The molecule has 6 heteroatoms. The first-order valence-corrected chi connectivity index (χ1v) is 4.23. The summed E-state index contributed by atoms with van der Waals surface area (Å²) in [5.41, 5.74) is -1.58. The van der Waals surface area contributed by atoms with Gasteiger partial charge in [-0.1, -0.05) is 13.8 Å². The maximum Gasteiger partial charge on any atom is 0.329 e. The Bertz CT molecular complexity index is 227. The number of carbonyl (C=O) groups is 2. The Labute approximate surface area is 80.3 Å². The number of hydrogen-bond acceptors (Lipinski definition) is 2. The minimum atomic E-state index is -3.19. The smallest absolute Gasteiger partial charge is 0.329 e. The Morgan fingerprint density at radius 1 is 1.36 bits per heavy atom. The molecule has 0 heterocycles. The topological polar surface area (TPSA) is 66.4 Å². The van der Waals surface area contributed by atoms with Crippen molar-refractivity contribution >= 4 is 11.9 Å². The third kappa shape index (κ3) is 2.65. The highest BCUT2D eigenvalue weighted by atomic mass is 19.3. The fourth-order valence-electron chi connectivity index (χ4n) is 1.07. The summed E-state index contributed by atoms with van der Waals surface area (Å²) < 4.78 is 23.8. The van der Waals surface area contributed by atoms with Gasteiger partial charge in [0.25, 0.3) is 5.91 Å². The molecule has 0 aliphatic rings. The number of hydrogen-bond donors (Lipinski definition) is 2. The minimum Gasteiger partial charge on any atom is -0.480 e. The lowest BCUT2D eigenvalue weighted by molar-refractivity contribution is -0.150. The first kappa shape index (κ1) is 12.8. The molecule has 0 fully saturated rings. The van der Waals surface area contributed by atoms with E-state index in [-0.39, 0.29) is 12.8 Å². The second-order valence-corrected chi connectivity index (χ2v) is 2.88. The summed E-state index contributed by atoms with van der Waals surface area (Å²) in [6.45, 7) is 3.03. The molecule has 14 heavy (non-hydrogen) atoms. The number of carboxylic acids is 1. The number of amides is 1. The lowest BCUT2D eigenvalue weighted by atomic mass is 9.93. The molecule has 0 saturated carbocycles. The Morgan fingerprint density at radius 3 is 2.00 bits per heavy atom. The average molecular weight is 209 g/mol. The first-order chi connectivity index (χ1) is 6.39. The summed E-state index contributed by atoms with van der Waals surface area (Å²) in [5.74, 6) is -2.84. The average Bonchev–Trinajstić information content (AvgIpc) is 2.13. The lowest BCUT2D eigenvalue weighted by Gasteiger charge is -2.27. The second kappa shape index (κ2) is 4.88. The van der Waals surface area contributed by atoms with Gasteiger partial charge >= 0.3 is 12.4 Å². The zero-order valence-electron chi connectivity index (χ0n) is 8.01.